The Morgan fingerprint density at radius 2 is 1.87 bits per heavy atom. The molecule has 0 unspecified atom stereocenters. The van der Waals surface area contributed by atoms with Gasteiger partial charge in [-0.15, -0.1) is 0 Å². The number of alkyl halides is 3. The van der Waals surface area contributed by atoms with Crippen molar-refractivity contribution in [2.24, 2.45) is 0 Å². The van der Waals surface area contributed by atoms with Gasteiger partial charge in [0.05, 0.1) is 19.6 Å². The van der Waals surface area contributed by atoms with Gasteiger partial charge in [-0.3, -0.25) is 8.98 Å². The summed E-state index contributed by atoms with van der Waals surface area (Å²) in [6.07, 6.45) is -2.00. The molecule has 0 spiro atoms. The normalized spacial score (nSPS) is 14.7. The molecule has 0 aliphatic rings. The van der Waals surface area contributed by atoms with Gasteiger partial charge in [0.2, 0.25) is 0 Å². The minimum atomic E-state index is -5.66. The molecule has 0 aromatic rings. The maximum Gasteiger partial charge on any atom is 0.523 e. The van der Waals surface area contributed by atoms with Crippen LogP contribution in [-0.4, -0.2) is 33.1 Å². The van der Waals surface area contributed by atoms with Gasteiger partial charge in [0.15, 0.2) is 0 Å². The van der Waals surface area contributed by atoms with Crippen molar-refractivity contribution in [2.75, 3.05) is 7.11 Å². The lowest BCUT2D eigenvalue weighted by molar-refractivity contribution is -0.142. The minimum Gasteiger partial charge on any atom is -0.469 e. The van der Waals surface area contributed by atoms with Crippen LogP contribution in [0, 0.1) is 0 Å². The zero-order valence-electron chi connectivity index (χ0n) is 7.87. The second-order valence-electron chi connectivity index (χ2n) is 2.59. The number of methoxy groups -OCH3 is 1. The van der Waals surface area contributed by atoms with E-state index >= 15 is 0 Å². The molecule has 0 aliphatic heterocycles. The summed E-state index contributed by atoms with van der Waals surface area (Å²) >= 11 is 0. The number of hydrogen-bond acceptors (Lipinski definition) is 5. The Bertz CT molecular complexity index is 320. The van der Waals surface area contributed by atoms with Gasteiger partial charge >= 0.3 is 21.6 Å². The summed E-state index contributed by atoms with van der Waals surface area (Å²) in [5.74, 6) is -0.861. The summed E-state index contributed by atoms with van der Waals surface area (Å²) in [4.78, 5) is 10.6. The number of hydrogen-bond donors (Lipinski definition) is 0. The van der Waals surface area contributed by atoms with Gasteiger partial charge in [0, 0.05) is 0 Å². The molecule has 15 heavy (non-hydrogen) atoms. The van der Waals surface area contributed by atoms with E-state index in [1.165, 1.54) is 0 Å². The van der Waals surface area contributed by atoms with E-state index in [-0.39, 0.29) is 0 Å². The number of carbonyl (C=O) groups is 1. The maximum absolute atomic E-state index is 11.8. The molecule has 0 heterocycles. The average Bonchev–Trinajstić information content (AvgIpc) is 2.00. The molecule has 5 nitrogen and oxygen atoms in total. The average molecular weight is 250 g/mol. The molecule has 0 N–H and O–H groups in total. The highest BCUT2D eigenvalue weighted by Crippen LogP contribution is 2.26. The molecule has 0 fully saturated rings. The van der Waals surface area contributed by atoms with Gasteiger partial charge < -0.3 is 4.74 Å². The van der Waals surface area contributed by atoms with Gasteiger partial charge in [0.25, 0.3) is 0 Å². The molecule has 90 valence electrons. The lowest BCUT2D eigenvalue weighted by Gasteiger charge is -2.13. The van der Waals surface area contributed by atoms with Gasteiger partial charge in [0.1, 0.15) is 0 Å². The molecule has 9 heteroatoms. The Balaban J connectivity index is 4.43. The van der Waals surface area contributed by atoms with E-state index in [4.69, 9.17) is 0 Å². The second kappa shape index (κ2) is 4.79. The van der Waals surface area contributed by atoms with E-state index in [0.29, 0.717) is 0 Å². The van der Waals surface area contributed by atoms with Crippen LogP contribution in [0.5, 0.6) is 0 Å². The summed E-state index contributed by atoms with van der Waals surface area (Å²) in [7, 11) is -4.64. The van der Waals surface area contributed by atoms with Crippen molar-refractivity contribution >= 4 is 16.1 Å². The topological polar surface area (TPSA) is 69.7 Å². The second-order valence-corrected chi connectivity index (χ2v) is 4.15. The maximum atomic E-state index is 11.8. The quantitative estimate of drug-likeness (QED) is 0.419. The fourth-order valence-corrected chi connectivity index (χ4v) is 1.23. The standard InChI is InChI=1S/C6H9F3O5S/c1-4(3-5(10)13-2)14-15(11,12)6(7,8)9/h4H,3H2,1-2H3/t4-/m0/s1. The minimum absolute atomic E-state index is 0.578. The van der Waals surface area contributed by atoms with Crippen molar-refractivity contribution < 1.29 is 35.3 Å². The lowest BCUT2D eigenvalue weighted by Crippen LogP contribution is -2.30. The van der Waals surface area contributed by atoms with Crippen LogP contribution in [0.25, 0.3) is 0 Å². The van der Waals surface area contributed by atoms with Gasteiger partial charge in [-0.1, -0.05) is 0 Å². The largest absolute Gasteiger partial charge is 0.523 e. The number of carbonyl (C=O) groups excluding carboxylic acids is 1. The number of ether oxygens (including phenoxy) is 1. The molecule has 0 saturated carbocycles. The Labute approximate surface area is 84.3 Å². The van der Waals surface area contributed by atoms with E-state index in [1.54, 1.807) is 0 Å². The lowest BCUT2D eigenvalue weighted by atomic mass is 10.3. The van der Waals surface area contributed by atoms with Crippen molar-refractivity contribution in [3.05, 3.63) is 0 Å². The summed E-state index contributed by atoms with van der Waals surface area (Å²) in [5.41, 5.74) is -5.49. The molecule has 0 aromatic carbocycles. The first-order valence-corrected chi connectivity index (χ1v) is 5.07. The molecule has 0 radical (unpaired) electrons. The number of halogens is 3. The van der Waals surface area contributed by atoms with E-state index in [2.05, 4.69) is 8.92 Å². The first-order valence-electron chi connectivity index (χ1n) is 3.66. The number of esters is 1. The van der Waals surface area contributed by atoms with E-state index in [0.717, 1.165) is 14.0 Å². The van der Waals surface area contributed by atoms with Crippen LogP contribution in [-0.2, 0) is 23.8 Å². The van der Waals surface area contributed by atoms with Crippen molar-refractivity contribution in [1.29, 1.82) is 0 Å². The van der Waals surface area contributed by atoms with Crippen LogP contribution >= 0.6 is 0 Å². The summed E-state index contributed by atoms with van der Waals surface area (Å²) in [6, 6.07) is 0. The molecule has 0 aromatic heterocycles. The predicted octanol–water partition coefficient (Wildman–Crippen LogP) is 0.804. The monoisotopic (exact) mass is 250 g/mol. The molecular weight excluding hydrogens is 241 g/mol. The van der Waals surface area contributed by atoms with Gasteiger partial charge in [-0.2, -0.15) is 21.6 Å². The highest BCUT2D eigenvalue weighted by molar-refractivity contribution is 7.87. The smallest absolute Gasteiger partial charge is 0.469 e. The van der Waals surface area contributed by atoms with Crippen molar-refractivity contribution in [3.8, 4) is 0 Å². The van der Waals surface area contributed by atoms with Crippen molar-refractivity contribution in [1.82, 2.24) is 0 Å². The Morgan fingerprint density at radius 1 is 1.40 bits per heavy atom. The van der Waals surface area contributed by atoms with Crippen LogP contribution in [0.3, 0.4) is 0 Å². The van der Waals surface area contributed by atoms with Crippen molar-refractivity contribution in [2.45, 2.75) is 25.0 Å². The van der Waals surface area contributed by atoms with Gasteiger partial charge in [-0.05, 0) is 6.92 Å². The van der Waals surface area contributed by atoms with Crippen LogP contribution in [0.15, 0.2) is 0 Å². The first-order chi connectivity index (χ1) is 6.60. The molecule has 0 bridgehead atoms. The summed E-state index contributed by atoms with van der Waals surface area (Å²) < 4.78 is 64.1. The molecular formula is C6H9F3O5S. The third-order valence-corrected chi connectivity index (χ3v) is 2.41. The van der Waals surface area contributed by atoms with E-state index in [1.807, 2.05) is 0 Å². The third kappa shape index (κ3) is 4.47. The fraction of sp³-hybridized carbons (Fsp3) is 0.833. The fourth-order valence-electron chi connectivity index (χ4n) is 0.623. The summed E-state index contributed by atoms with van der Waals surface area (Å²) in [6.45, 7) is 1.01. The first kappa shape index (κ1) is 14.2. The molecule has 0 amide bonds. The molecule has 0 rings (SSSR count). The Morgan fingerprint density at radius 3 is 2.20 bits per heavy atom. The third-order valence-electron chi connectivity index (χ3n) is 1.26. The van der Waals surface area contributed by atoms with Crippen LogP contribution in [0.1, 0.15) is 13.3 Å². The van der Waals surface area contributed by atoms with Crippen LogP contribution < -0.4 is 0 Å². The Kier molecular flexibility index (Phi) is 4.53. The Hall–Kier alpha value is -0.830. The summed E-state index contributed by atoms with van der Waals surface area (Å²) in [5, 5.41) is 0. The highest BCUT2D eigenvalue weighted by atomic mass is 32.2. The zero-order valence-corrected chi connectivity index (χ0v) is 8.68. The molecule has 0 aliphatic carbocycles. The van der Waals surface area contributed by atoms with E-state index in [9.17, 15) is 26.4 Å². The molecule has 0 saturated heterocycles. The van der Waals surface area contributed by atoms with Crippen LogP contribution in [0.2, 0.25) is 0 Å². The van der Waals surface area contributed by atoms with Crippen molar-refractivity contribution in [3.63, 3.8) is 0 Å². The number of rotatable bonds is 4. The SMILES string of the molecule is COC(=O)C[C@H](C)OS(=O)(=O)C(F)(F)F. The van der Waals surface area contributed by atoms with Gasteiger partial charge in [-0.25, -0.2) is 0 Å². The van der Waals surface area contributed by atoms with Crippen LogP contribution in [0.4, 0.5) is 13.2 Å². The highest BCUT2D eigenvalue weighted by Gasteiger charge is 2.48. The molecule has 1 atom stereocenters. The predicted molar refractivity (Wildman–Crippen MR) is 42.2 cm³/mol. The zero-order chi connectivity index (χ0) is 12.3. The van der Waals surface area contributed by atoms with E-state index < -0.39 is 34.1 Å².